The van der Waals surface area contributed by atoms with Crippen LogP contribution in [0.2, 0.25) is 0 Å². The molecule has 0 spiro atoms. The minimum absolute atomic E-state index is 0.835. The highest BCUT2D eigenvalue weighted by Crippen LogP contribution is 2.45. The maximum atomic E-state index is 4.93. The van der Waals surface area contributed by atoms with Crippen LogP contribution in [0.25, 0.3) is 55.0 Å². The second kappa shape index (κ2) is 10.8. The van der Waals surface area contributed by atoms with Gasteiger partial charge in [-0.1, -0.05) is 123 Å². The van der Waals surface area contributed by atoms with Gasteiger partial charge in [-0.15, -0.1) is 0 Å². The summed E-state index contributed by atoms with van der Waals surface area (Å²) in [5.74, 6) is 1.13. The van der Waals surface area contributed by atoms with Crippen molar-refractivity contribution in [1.29, 1.82) is 0 Å². The Bertz CT molecular complexity index is 2180. The third kappa shape index (κ3) is 4.29. The fraction of sp³-hybridized carbons (Fsp3) is 0.119. The summed E-state index contributed by atoms with van der Waals surface area (Å²) in [7, 11) is 0. The number of hydrogen-bond acceptors (Lipinski definition) is 1. The number of aryl methyl sites for hydroxylation is 1. The number of aromatic nitrogens is 2. The number of allylic oxidation sites excluding steroid dienone is 9. The molecule has 8 rings (SSSR count). The summed E-state index contributed by atoms with van der Waals surface area (Å²) in [6.07, 6.45) is 13.0. The topological polar surface area (TPSA) is 17.8 Å². The molecule has 2 aliphatic rings. The summed E-state index contributed by atoms with van der Waals surface area (Å²) in [5, 5.41) is 5.25. The summed E-state index contributed by atoms with van der Waals surface area (Å²) < 4.78 is 2.38. The van der Waals surface area contributed by atoms with E-state index in [4.69, 9.17) is 4.98 Å². The quantitative estimate of drug-likeness (QED) is 0.190. The van der Waals surface area contributed by atoms with Gasteiger partial charge in [0.2, 0.25) is 0 Å². The molecule has 6 aromatic rings. The molecule has 1 aromatic heterocycles. The normalized spacial score (nSPS) is 15.3. The molecular weight excluding hydrogens is 532 g/mol. The van der Waals surface area contributed by atoms with Gasteiger partial charge >= 0.3 is 0 Å². The lowest BCUT2D eigenvalue weighted by Crippen LogP contribution is -2.06. The predicted molar refractivity (Wildman–Crippen MR) is 188 cm³/mol. The minimum atomic E-state index is 0.835. The standard InChI is InChI=1S/C42H34N2/c1-3-40-43-38-19-11-12-20-39(38)44(40)32-24-21-30(22-25-32)41-34-15-7-9-17-36(34)42(37-18-10-8-16-35(37)41)31-23-26-33(28(2)27-31)29-13-5-4-6-14-29/h4-21,23-24,26H,2-3,22,25,27H2,1H3. The number of nitrogens with zero attached hydrogens (tertiary/aromatic N) is 2. The summed E-state index contributed by atoms with van der Waals surface area (Å²) in [4.78, 5) is 4.93. The van der Waals surface area contributed by atoms with E-state index in [2.05, 4.69) is 146 Å². The molecule has 0 radical (unpaired) electrons. The minimum Gasteiger partial charge on any atom is -0.300 e. The third-order valence-electron chi connectivity index (χ3n) is 9.26. The van der Waals surface area contributed by atoms with E-state index in [-0.39, 0.29) is 0 Å². The highest BCUT2D eigenvalue weighted by atomic mass is 15.1. The average Bonchev–Trinajstić information content (AvgIpc) is 3.46. The van der Waals surface area contributed by atoms with Gasteiger partial charge in [0.25, 0.3) is 0 Å². The molecule has 0 atom stereocenters. The Morgan fingerprint density at radius 1 is 0.636 bits per heavy atom. The van der Waals surface area contributed by atoms with E-state index in [0.29, 0.717) is 0 Å². The molecule has 212 valence electrons. The number of fused-ring (bicyclic) bond motifs is 3. The zero-order valence-corrected chi connectivity index (χ0v) is 25.1. The van der Waals surface area contributed by atoms with Crippen LogP contribution < -0.4 is 0 Å². The van der Waals surface area contributed by atoms with Crippen molar-refractivity contribution in [1.82, 2.24) is 9.55 Å². The van der Waals surface area contributed by atoms with Gasteiger partial charge in [-0.3, -0.25) is 0 Å². The van der Waals surface area contributed by atoms with Gasteiger partial charge in [0, 0.05) is 12.1 Å². The molecule has 0 amide bonds. The largest absolute Gasteiger partial charge is 0.300 e. The van der Waals surface area contributed by atoms with E-state index < -0.39 is 0 Å². The first-order valence-electron chi connectivity index (χ1n) is 15.7. The van der Waals surface area contributed by atoms with Crippen LogP contribution >= 0.6 is 0 Å². The molecule has 0 aliphatic heterocycles. The second-order valence-electron chi connectivity index (χ2n) is 11.8. The molecule has 0 fully saturated rings. The van der Waals surface area contributed by atoms with Gasteiger partial charge < -0.3 is 4.57 Å². The van der Waals surface area contributed by atoms with Crippen molar-refractivity contribution >= 4 is 55.0 Å². The van der Waals surface area contributed by atoms with Gasteiger partial charge in [0.1, 0.15) is 5.82 Å². The summed E-state index contributed by atoms with van der Waals surface area (Å²) in [6.45, 7) is 6.72. The molecule has 2 heteroatoms. The van der Waals surface area contributed by atoms with Gasteiger partial charge in [-0.05, 0) is 98.0 Å². The van der Waals surface area contributed by atoms with Crippen molar-refractivity contribution < 1.29 is 0 Å². The monoisotopic (exact) mass is 566 g/mol. The molecule has 0 N–H and O–H groups in total. The van der Waals surface area contributed by atoms with Crippen LogP contribution in [0.15, 0.2) is 140 Å². The number of hydrogen-bond donors (Lipinski definition) is 0. The van der Waals surface area contributed by atoms with Gasteiger partial charge in [-0.2, -0.15) is 0 Å². The van der Waals surface area contributed by atoms with Crippen LogP contribution in [0, 0.1) is 0 Å². The summed E-state index contributed by atoms with van der Waals surface area (Å²) in [5.41, 5.74) is 12.6. The molecule has 0 bridgehead atoms. The first-order valence-corrected chi connectivity index (χ1v) is 15.7. The zero-order valence-electron chi connectivity index (χ0n) is 25.1. The molecular formula is C42H34N2. The highest BCUT2D eigenvalue weighted by Gasteiger charge is 2.23. The predicted octanol–water partition coefficient (Wildman–Crippen LogP) is 11.1. The first kappa shape index (κ1) is 26.4. The van der Waals surface area contributed by atoms with E-state index in [1.54, 1.807) is 0 Å². The fourth-order valence-electron chi connectivity index (χ4n) is 7.25. The molecule has 2 nitrogen and oxygen atoms in total. The van der Waals surface area contributed by atoms with Crippen molar-refractivity contribution in [2.45, 2.75) is 32.6 Å². The van der Waals surface area contributed by atoms with Crippen molar-refractivity contribution in [3.05, 3.63) is 162 Å². The fourth-order valence-corrected chi connectivity index (χ4v) is 7.25. The Morgan fingerprint density at radius 3 is 1.84 bits per heavy atom. The molecule has 5 aromatic carbocycles. The Morgan fingerprint density at radius 2 is 1.23 bits per heavy atom. The first-order chi connectivity index (χ1) is 21.7. The van der Waals surface area contributed by atoms with Gasteiger partial charge in [0.05, 0.1) is 11.0 Å². The Kier molecular flexibility index (Phi) is 6.49. The van der Waals surface area contributed by atoms with Crippen LogP contribution in [-0.4, -0.2) is 9.55 Å². The lowest BCUT2D eigenvalue weighted by molar-refractivity contribution is 0.877. The van der Waals surface area contributed by atoms with Crippen LogP contribution in [-0.2, 0) is 6.42 Å². The van der Waals surface area contributed by atoms with E-state index in [9.17, 15) is 0 Å². The molecule has 44 heavy (non-hydrogen) atoms. The third-order valence-corrected chi connectivity index (χ3v) is 9.26. The molecule has 1 heterocycles. The van der Waals surface area contributed by atoms with Gasteiger partial charge in [-0.25, -0.2) is 4.98 Å². The summed E-state index contributed by atoms with van der Waals surface area (Å²) >= 11 is 0. The van der Waals surface area contributed by atoms with E-state index in [0.717, 1.165) is 42.6 Å². The lowest BCUT2D eigenvalue weighted by atomic mass is 9.80. The van der Waals surface area contributed by atoms with E-state index in [1.807, 2.05) is 0 Å². The molecule has 0 saturated carbocycles. The maximum Gasteiger partial charge on any atom is 0.113 e. The van der Waals surface area contributed by atoms with Crippen molar-refractivity contribution in [2.24, 2.45) is 0 Å². The number of imidazole rings is 1. The molecule has 2 aliphatic carbocycles. The van der Waals surface area contributed by atoms with Crippen LogP contribution in [0.3, 0.4) is 0 Å². The molecule has 0 unspecified atom stereocenters. The van der Waals surface area contributed by atoms with Crippen molar-refractivity contribution in [3.8, 4) is 0 Å². The number of benzene rings is 5. The SMILES string of the molecule is C=C1CC(c2c3ccccc3c(C3=CC=C(n4c(CC)nc5ccccc54)CC3)c3ccccc23)=CC=C1c1ccccc1. The van der Waals surface area contributed by atoms with Crippen LogP contribution in [0.4, 0.5) is 0 Å². The van der Waals surface area contributed by atoms with Crippen LogP contribution in [0.5, 0.6) is 0 Å². The average molecular weight is 567 g/mol. The van der Waals surface area contributed by atoms with Crippen molar-refractivity contribution in [3.63, 3.8) is 0 Å². The molecule has 0 saturated heterocycles. The van der Waals surface area contributed by atoms with E-state index >= 15 is 0 Å². The van der Waals surface area contributed by atoms with Crippen molar-refractivity contribution in [2.75, 3.05) is 0 Å². The zero-order chi connectivity index (χ0) is 29.6. The lowest BCUT2D eigenvalue weighted by Gasteiger charge is -2.24. The maximum absolute atomic E-state index is 4.93. The second-order valence-corrected chi connectivity index (χ2v) is 11.8. The summed E-state index contributed by atoms with van der Waals surface area (Å²) in [6, 6.07) is 37.0. The highest BCUT2D eigenvalue weighted by molar-refractivity contribution is 6.16. The smallest absolute Gasteiger partial charge is 0.113 e. The van der Waals surface area contributed by atoms with Gasteiger partial charge in [0.15, 0.2) is 0 Å². The van der Waals surface area contributed by atoms with Crippen LogP contribution in [0.1, 0.15) is 48.7 Å². The number of rotatable bonds is 5. The Hall–Kier alpha value is -5.21. The Labute approximate surface area is 258 Å². The Balaban J connectivity index is 1.29. The van der Waals surface area contributed by atoms with E-state index in [1.165, 1.54) is 66.2 Å². The number of para-hydroxylation sites is 2.